The topological polar surface area (TPSA) is 98.8 Å². The molecule has 8 heteroatoms. The van der Waals surface area contributed by atoms with Gasteiger partial charge in [-0.1, -0.05) is 36.4 Å². The molecule has 2 aromatic rings. The van der Waals surface area contributed by atoms with Crippen LogP contribution < -0.4 is 15.5 Å². The third-order valence-corrected chi connectivity index (χ3v) is 6.34. The molecule has 0 radical (unpaired) electrons. The van der Waals surface area contributed by atoms with Gasteiger partial charge in [-0.05, 0) is 43.0 Å². The summed E-state index contributed by atoms with van der Waals surface area (Å²) < 4.78 is 0. The third-order valence-electron chi connectivity index (χ3n) is 6.34. The van der Waals surface area contributed by atoms with Crippen LogP contribution in [0.1, 0.15) is 30.9 Å². The quantitative estimate of drug-likeness (QED) is 0.730. The number of para-hydroxylation sites is 2. The molecule has 158 valence electrons. The van der Waals surface area contributed by atoms with Gasteiger partial charge in [-0.3, -0.25) is 19.3 Å². The molecule has 2 unspecified atom stereocenters. The van der Waals surface area contributed by atoms with Crippen molar-refractivity contribution in [1.29, 1.82) is 0 Å². The number of amides is 5. The molecule has 1 spiro atoms. The summed E-state index contributed by atoms with van der Waals surface area (Å²) in [5.74, 6) is -1.00. The molecule has 2 aliphatic heterocycles. The highest BCUT2D eigenvalue weighted by Crippen LogP contribution is 2.41. The second kappa shape index (κ2) is 6.94. The number of hydrogen-bond acceptors (Lipinski definition) is 4. The maximum atomic E-state index is 13.4. The van der Waals surface area contributed by atoms with Gasteiger partial charge in [-0.15, -0.1) is 0 Å². The first-order valence-corrected chi connectivity index (χ1v) is 10.3. The zero-order chi connectivity index (χ0) is 21.8. The molecular weight excluding hydrogens is 396 g/mol. The summed E-state index contributed by atoms with van der Waals surface area (Å²) in [5, 5.41) is 5.65. The van der Waals surface area contributed by atoms with E-state index in [2.05, 4.69) is 10.6 Å². The maximum Gasteiger partial charge on any atom is 0.325 e. The van der Waals surface area contributed by atoms with Crippen LogP contribution in [0.2, 0.25) is 0 Å². The lowest BCUT2D eigenvalue weighted by Gasteiger charge is -2.29. The molecule has 1 saturated heterocycles. The molecule has 2 heterocycles. The van der Waals surface area contributed by atoms with E-state index in [0.29, 0.717) is 24.2 Å². The first-order chi connectivity index (χ1) is 14.9. The van der Waals surface area contributed by atoms with E-state index < -0.39 is 29.4 Å². The summed E-state index contributed by atoms with van der Waals surface area (Å²) in [6.07, 6.45) is 1.29. The minimum Gasteiger partial charge on any atom is -0.324 e. The summed E-state index contributed by atoms with van der Waals surface area (Å²) in [5.41, 5.74) is 1.81. The fourth-order valence-electron chi connectivity index (χ4n) is 4.91. The van der Waals surface area contributed by atoms with Gasteiger partial charge in [-0.2, -0.15) is 0 Å². The zero-order valence-corrected chi connectivity index (χ0v) is 17.1. The highest BCUT2D eigenvalue weighted by Gasteiger charge is 2.55. The van der Waals surface area contributed by atoms with Crippen molar-refractivity contribution in [3.05, 3.63) is 59.7 Å². The molecule has 0 aromatic heterocycles. The molecule has 1 aliphatic carbocycles. The lowest BCUT2D eigenvalue weighted by atomic mass is 9.92. The zero-order valence-electron chi connectivity index (χ0n) is 17.1. The number of aryl methyl sites for hydroxylation is 1. The van der Waals surface area contributed by atoms with Crippen LogP contribution in [-0.4, -0.2) is 41.2 Å². The third kappa shape index (κ3) is 2.90. The van der Waals surface area contributed by atoms with Crippen molar-refractivity contribution in [2.75, 3.05) is 16.8 Å². The van der Waals surface area contributed by atoms with Gasteiger partial charge in [0.05, 0.1) is 11.4 Å². The van der Waals surface area contributed by atoms with E-state index in [1.165, 1.54) is 4.90 Å². The number of nitrogens with one attached hydrogen (secondary N) is 2. The van der Waals surface area contributed by atoms with Crippen molar-refractivity contribution in [3.8, 4) is 0 Å². The van der Waals surface area contributed by atoms with Crippen LogP contribution in [0.25, 0.3) is 0 Å². The average Bonchev–Trinajstić information content (AvgIpc) is 3.17. The van der Waals surface area contributed by atoms with Crippen LogP contribution in [0.5, 0.6) is 0 Å². The normalized spacial score (nSPS) is 24.5. The maximum absolute atomic E-state index is 13.4. The number of rotatable bonds is 2. The molecule has 31 heavy (non-hydrogen) atoms. The van der Waals surface area contributed by atoms with E-state index in [4.69, 9.17) is 0 Å². The lowest BCUT2D eigenvalue weighted by Crippen LogP contribution is -2.47. The van der Waals surface area contributed by atoms with Crippen molar-refractivity contribution in [2.24, 2.45) is 0 Å². The number of imide groups is 1. The monoisotopic (exact) mass is 418 g/mol. The molecule has 1 fully saturated rings. The first kappa shape index (κ1) is 19.3. The summed E-state index contributed by atoms with van der Waals surface area (Å²) in [7, 11) is 0. The van der Waals surface area contributed by atoms with E-state index >= 15 is 0 Å². The number of carbonyl (C=O) groups excluding carboxylic acids is 4. The van der Waals surface area contributed by atoms with Gasteiger partial charge in [0.2, 0.25) is 11.8 Å². The van der Waals surface area contributed by atoms with Crippen molar-refractivity contribution in [2.45, 2.75) is 37.8 Å². The van der Waals surface area contributed by atoms with Crippen molar-refractivity contribution in [1.82, 2.24) is 10.2 Å². The number of fused-ring (bicyclic) bond motifs is 3. The molecule has 2 atom stereocenters. The first-order valence-electron chi connectivity index (χ1n) is 10.3. The lowest BCUT2D eigenvalue weighted by molar-refractivity contribution is -0.134. The largest absolute Gasteiger partial charge is 0.325 e. The molecule has 5 rings (SSSR count). The van der Waals surface area contributed by atoms with Crippen molar-refractivity contribution in [3.63, 3.8) is 0 Å². The van der Waals surface area contributed by atoms with Gasteiger partial charge in [-0.25, -0.2) is 4.79 Å². The van der Waals surface area contributed by atoms with Crippen LogP contribution in [0.15, 0.2) is 48.5 Å². The Hall–Kier alpha value is -3.68. The van der Waals surface area contributed by atoms with Gasteiger partial charge in [0.1, 0.15) is 12.1 Å². The molecule has 5 amide bonds. The summed E-state index contributed by atoms with van der Waals surface area (Å²) in [4.78, 5) is 54.2. The van der Waals surface area contributed by atoms with Gasteiger partial charge in [0.15, 0.2) is 0 Å². The van der Waals surface area contributed by atoms with Gasteiger partial charge >= 0.3 is 6.03 Å². The van der Waals surface area contributed by atoms with E-state index in [1.807, 2.05) is 24.3 Å². The summed E-state index contributed by atoms with van der Waals surface area (Å²) in [6.45, 7) is 1.39. The number of nitrogens with zero attached hydrogens (tertiary/aromatic N) is 2. The Morgan fingerprint density at radius 3 is 2.68 bits per heavy atom. The van der Waals surface area contributed by atoms with Crippen LogP contribution in [-0.2, 0) is 26.3 Å². The van der Waals surface area contributed by atoms with Crippen LogP contribution in [0.3, 0.4) is 0 Å². The smallest absolute Gasteiger partial charge is 0.324 e. The number of anilines is 2. The van der Waals surface area contributed by atoms with E-state index in [1.54, 1.807) is 31.2 Å². The Morgan fingerprint density at radius 1 is 1.10 bits per heavy atom. The van der Waals surface area contributed by atoms with E-state index in [0.717, 1.165) is 16.0 Å². The fourth-order valence-corrected chi connectivity index (χ4v) is 4.91. The predicted molar refractivity (Wildman–Crippen MR) is 113 cm³/mol. The Labute approximate surface area is 179 Å². The van der Waals surface area contributed by atoms with Gasteiger partial charge in [0, 0.05) is 12.5 Å². The summed E-state index contributed by atoms with van der Waals surface area (Å²) in [6, 6.07) is 13.6. The Balaban J connectivity index is 1.44. The second-order valence-corrected chi connectivity index (χ2v) is 8.27. The Bertz CT molecular complexity index is 1130. The van der Waals surface area contributed by atoms with Crippen molar-refractivity contribution >= 4 is 35.1 Å². The van der Waals surface area contributed by atoms with Crippen LogP contribution in [0.4, 0.5) is 16.2 Å². The van der Waals surface area contributed by atoms with E-state index in [9.17, 15) is 19.2 Å². The molecule has 2 aromatic carbocycles. The standard InChI is InChI=1S/C23H22N4O4/c1-14-12-19(28)24-17-8-4-5-9-18(17)27(14)20(29)13-26-21(30)23(25-22(26)31)11-10-15-6-2-3-7-16(15)23/h2-9,14H,10-13H2,1H3,(H,24,28)(H,25,31). The second-order valence-electron chi connectivity index (χ2n) is 8.27. The molecule has 3 aliphatic rings. The van der Waals surface area contributed by atoms with Gasteiger partial charge in [0.25, 0.3) is 5.91 Å². The molecule has 0 saturated carbocycles. The highest BCUT2D eigenvalue weighted by atomic mass is 16.2. The number of hydrogen-bond donors (Lipinski definition) is 2. The SMILES string of the molecule is CC1CC(=O)Nc2ccccc2N1C(=O)CN1C(=O)NC2(CCc3ccccc32)C1=O. The minimum absolute atomic E-state index is 0.123. The Morgan fingerprint density at radius 2 is 1.84 bits per heavy atom. The fraction of sp³-hybridized carbons (Fsp3) is 0.304. The average molecular weight is 418 g/mol. The number of urea groups is 1. The van der Waals surface area contributed by atoms with Crippen molar-refractivity contribution < 1.29 is 19.2 Å². The van der Waals surface area contributed by atoms with Crippen LogP contribution in [0, 0.1) is 0 Å². The predicted octanol–water partition coefficient (Wildman–Crippen LogP) is 2.14. The van der Waals surface area contributed by atoms with E-state index in [-0.39, 0.29) is 18.9 Å². The number of benzene rings is 2. The molecular formula is C23H22N4O4. The minimum atomic E-state index is -1.10. The molecule has 0 bridgehead atoms. The molecule has 8 nitrogen and oxygen atoms in total. The summed E-state index contributed by atoms with van der Waals surface area (Å²) >= 11 is 0. The number of carbonyl (C=O) groups is 4. The highest BCUT2D eigenvalue weighted by molar-refractivity contribution is 6.12. The van der Waals surface area contributed by atoms with Crippen LogP contribution >= 0.6 is 0 Å². The van der Waals surface area contributed by atoms with Gasteiger partial charge < -0.3 is 15.5 Å². The molecule has 2 N–H and O–H groups in total. The Kier molecular flexibility index (Phi) is 4.32.